The third-order valence-corrected chi connectivity index (χ3v) is 4.75. The number of nitrogens with one attached hydrogen (secondary N) is 1. The molecule has 1 aromatic heterocycles. The molecule has 0 aliphatic heterocycles. The molecular formula is C20H25ClN4O2. The van der Waals surface area contributed by atoms with Crippen LogP contribution in [0.5, 0.6) is 0 Å². The van der Waals surface area contributed by atoms with Crippen LogP contribution in [0, 0.1) is 5.92 Å². The van der Waals surface area contributed by atoms with Crippen molar-refractivity contribution in [3.8, 4) is 5.69 Å². The first-order chi connectivity index (χ1) is 12.6. The molecular weight excluding hydrogens is 364 g/mol. The van der Waals surface area contributed by atoms with Crippen molar-refractivity contribution in [2.24, 2.45) is 5.92 Å². The Morgan fingerprint density at radius 2 is 1.89 bits per heavy atom. The Morgan fingerprint density at radius 1 is 1.26 bits per heavy atom. The van der Waals surface area contributed by atoms with Crippen molar-refractivity contribution >= 4 is 29.2 Å². The van der Waals surface area contributed by atoms with Gasteiger partial charge in [-0.3, -0.25) is 9.59 Å². The Labute approximate surface area is 164 Å². The summed E-state index contributed by atoms with van der Waals surface area (Å²) in [6.45, 7) is 6.21. The number of carbonyl (C=O) groups is 2. The second-order valence-electron chi connectivity index (χ2n) is 8.07. The van der Waals surface area contributed by atoms with Crippen molar-refractivity contribution < 1.29 is 9.59 Å². The zero-order valence-corrected chi connectivity index (χ0v) is 16.9. The molecule has 1 aromatic carbocycles. The van der Waals surface area contributed by atoms with E-state index in [0.29, 0.717) is 10.8 Å². The molecule has 1 aliphatic rings. The molecule has 7 heteroatoms. The van der Waals surface area contributed by atoms with Crippen molar-refractivity contribution in [3.05, 3.63) is 41.0 Å². The molecule has 1 fully saturated rings. The minimum atomic E-state index is -0.248. The van der Waals surface area contributed by atoms with Crippen LogP contribution in [-0.4, -0.2) is 40.1 Å². The standard InChI is InChI=1S/C20H25ClN4O2/c1-20(2,3)16-11-17(25(23-16)15-9-7-14(21)8-10-15)22-18(26)12-24(4)19(27)13-5-6-13/h7-11,13H,5-6,12H2,1-4H3,(H,22,26). The summed E-state index contributed by atoms with van der Waals surface area (Å²) >= 11 is 5.98. The number of hydrogen-bond donors (Lipinski definition) is 1. The maximum absolute atomic E-state index is 12.5. The van der Waals surface area contributed by atoms with Gasteiger partial charge in [0, 0.05) is 29.5 Å². The maximum atomic E-state index is 12.5. The van der Waals surface area contributed by atoms with E-state index in [9.17, 15) is 9.59 Å². The Kier molecular flexibility index (Phi) is 5.29. The molecule has 1 saturated carbocycles. The van der Waals surface area contributed by atoms with Crippen molar-refractivity contribution in [1.82, 2.24) is 14.7 Å². The van der Waals surface area contributed by atoms with Crippen LogP contribution in [-0.2, 0) is 15.0 Å². The largest absolute Gasteiger partial charge is 0.336 e. The molecule has 27 heavy (non-hydrogen) atoms. The molecule has 0 saturated heterocycles. The fourth-order valence-corrected chi connectivity index (χ4v) is 2.86. The summed E-state index contributed by atoms with van der Waals surface area (Å²) in [7, 11) is 1.66. The third kappa shape index (κ3) is 4.69. The first kappa shape index (κ1) is 19.4. The lowest BCUT2D eigenvalue weighted by Gasteiger charge is -2.16. The summed E-state index contributed by atoms with van der Waals surface area (Å²) in [4.78, 5) is 26.1. The predicted octanol–water partition coefficient (Wildman–Crippen LogP) is 3.63. The highest BCUT2D eigenvalue weighted by Gasteiger charge is 2.32. The van der Waals surface area contributed by atoms with Crippen LogP contribution in [0.2, 0.25) is 5.02 Å². The molecule has 0 radical (unpaired) electrons. The first-order valence-corrected chi connectivity index (χ1v) is 9.44. The zero-order valence-electron chi connectivity index (χ0n) is 16.1. The molecule has 1 N–H and O–H groups in total. The minimum Gasteiger partial charge on any atom is -0.336 e. The number of carbonyl (C=O) groups excluding carboxylic acids is 2. The maximum Gasteiger partial charge on any atom is 0.245 e. The van der Waals surface area contributed by atoms with Gasteiger partial charge in [0.05, 0.1) is 17.9 Å². The topological polar surface area (TPSA) is 67.2 Å². The number of hydrogen-bond acceptors (Lipinski definition) is 3. The number of likely N-dealkylation sites (N-methyl/N-ethyl adjacent to an activating group) is 1. The molecule has 0 bridgehead atoms. The zero-order chi connectivity index (χ0) is 19.8. The summed E-state index contributed by atoms with van der Waals surface area (Å²) < 4.78 is 1.69. The predicted molar refractivity (Wildman–Crippen MR) is 106 cm³/mol. The number of halogens is 1. The van der Waals surface area contributed by atoms with Gasteiger partial charge in [-0.1, -0.05) is 32.4 Å². The lowest BCUT2D eigenvalue weighted by atomic mass is 9.92. The molecule has 3 rings (SSSR count). The van der Waals surface area contributed by atoms with E-state index in [0.717, 1.165) is 24.2 Å². The molecule has 0 atom stereocenters. The molecule has 0 spiro atoms. The fraction of sp³-hybridized carbons (Fsp3) is 0.450. The molecule has 6 nitrogen and oxygen atoms in total. The van der Waals surface area contributed by atoms with Gasteiger partial charge in [-0.2, -0.15) is 5.10 Å². The molecule has 1 aliphatic carbocycles. The summed E-state index contributed by atoms with van der Waals surface area (Å²) in [6.07, 6.45) is 1.84. The van der Waals surface area contributed by atoms with Gasteiger partial charge in [-0.15, -0.1) is 0 Å². The normalized spacial score (nSPS) is 14.1. The van der Waals surface area contributed by atoms with Crippen molar-refractivity contribution in [2.45, 2.75) is 39.0 Å². The van der Waals surface area contributed by atoms with E-state index < -0.39 is 0 Å². The number of anilines is 1. The van der Waals surface area contributed by atoms with Gasteiger partial charge < -0.3 is 10.2 Å². The molecule has 1 heterocycles. The highest BCUT2D eigenvalue weighted by molar-refractivity contribution is 6.30. The van der Waals surface area contributed by atoms with E-state index in [-0.39, 0.29) is 29.7 Å². The van der Waals surface area contributed by atoms with E-state index in [4.69, 9.17) is 11.6 Å². The van der Waals surface area contributed by atoms with Crippen LogP contribution in [0.4, 0.5) is 5.82 Å². The molecule has 2 amide bonds. The van der Waals surface area contributed by atoms with Crippen LogP contribution in [0.15, 0.2) is 30.3 Å². The molecule has 144 valence electrons. The van der Waals surface area contributed by atoms with Gasteiger partial charge in [0.1, 0.15) is 5.82 Å². The number of rotatable bonds is 5. The Morgan fingerprint density at radius 3 is 2.44 bits per heavy atom. The van der Waals surface area contributed by atoms with E-state index in [1.165, 1.54) is 4.90 Å². The second kappa shape index (κ2) is 7.35. The smallest absolute Gasteiger partial charge is 0.245 e. The highest BCUT2D eigenvalue weighted by atomic mass is 35.5. The summed E-state index contributed by atoms with van der Waals surface area (Å²) in [5.74, 6) is 0.447. The highest BCUT2D eigenvalue weighted by Crippen LogP contribution is 2.30. The van der Waals surface area contributed by atoms with Gasteiger partial charge >= 0.3 is 0 Å². The van der Waals surface area contributed by atoms with Gasteiger partial charge in [0.15, 0.2) is 0 Å². The van der Waals surface area contributed by atoms with E-state index in [1.807, 2.05) is 18.2 Å². The van der Waals surface area contributed by atoms with Gasteiger partial charge in [-0.05, 0) is 37.1 Å². The van der Waals surface area contributed by atoms with Gasteiger partial charge in [0.25, 0.3) is 0 Å². The van der Waals surface area contributed by atoms with Gasteiger partial charge in [0.2, 0.25) is 11.8 Å². The van der Waals surface area contributed by atoms with Crippen molar-refractivity contribution in [1.29, 1.82) is 0 Å². The lowest BCUT2D eigenvalue weighted by Crippen LogP contribution is -2.36. The minimum absolute atomic E-state index is 0.0198. The number of amides is 2. The van der Waals surface area contributed by atoms with E-state index in [2.05, 4.69) is 31.2 Å². The SMILES string of the molecule is CN(CC(=O)Nc1cc(C(C)(C)C)nn1-c1ccc(Cl)cc1)C(=O)C1CC1. The van der Waals surface area contributed by atoms with Gasteiger partial charge in [-0.25, -0.2) is 4.68 Å². The van der Waals surface area contributed by atoms with Crippen LogP contribution < -0.4 is 5.32 Å². The van der Waals surface area contributed by atoms with Crippen molar-refractivity contribution in [3.63, 3.8) is 0 Å². The van der Waals surface area contributed by atoms with Crippen molar-refractivity contribution in [2.75, 3.05) is 18.9 Å². The summed E-state index contributed by atoms with van der Waals surface area (Å²) in [5, 5.41) is 8.19. The average Bonchev–Trinajstić information content (AvgIpc) is 3.34. The lowest BCUT2D eigenvalue weighted by molar-refractivity contribution is -0.134. The summed E-state index contributed by atoms with van der Waals surface area (Å²) in [6, 6.07) is 9.13. The Balaban J connectivity index is 1.82. The Hall–Kier alpha value is -2.34. The van der Waals surface area contributed by atoms with Crippen LogP contribution >= 0.6 is 11.6 Å². The van der Waals surface area contributed by atoms with E-state index >= 15 is 0 Å². The van der Waals surface area contributed by atoms with Crippen LogP contribution in [0.25, 0.3) is 5.69 Å². The number of nitrogens with zero attached hydrogens (tertiary/aromatic N) is 3. The average molecular weight is 389 g/mol. The van der Waals surface area contributed by atoms with Crippen LogP contribution in [0.3, 0.4) is 0 Å². The summed E-state index contributed by atoms with van der Waals surface area (Å²) in [5.41, 5.74) is 1.48. The first-order valence-electron chi connectivity index (χ1n) is 9.06. The second-order valence-corrected chi connectivity index (χ2v) is 8.51. The third-order valence-electron chi connectivity index (χ3n) is 4.50. The Bertz CT molecular complexity index is 848. The number of aromatic nitrogens is 2. The monoisotopic (exact) mass is 388 g/mol. The molecule has 0 unspecified atom stereocenters. The van der Waals surface area contributed by atoms with Crippen LogP contribution in [0.1, 0.15) is 39.3 Å². The quantitative estimate of drug-likeness (QED) is 0.850. The fourth-order valence-electron chi connectivity index (χ4n) is 2.73. The van der Waals surface area contributed by atoms with E-state index in [1.54, 1.807) is 23.9 Å². The number of benzene rings is 1. The molecule has 2 aromatic rings.